The summed E-state index contributed by atoms with van der Waals surface area (Å²) in [6.07, 6.45) is 5.63. The Hall–Kier alpha value is -2.58. The van der Waals surface area contributed by atoms with Gasteiger partial charge in [0.05, 0.1) is 12.4 Å². The molecule has 3 aromatic rings. The third-order valence-electron chi connectivity index (χ3n) is 9.71. The maximum absolute atomic E-state index is 14.9. The molecular formula is C20H28B7FN6O. The van der Waals surface area contributed by atoms with Crippen LogP contribution in [-0.2, 0) is 10.7 Å². The van der Waals surface area contributed by atoms with Crippen LogP contribution < -0.4 is 10.2 Å². The number of nitrogens with one attached hydrogen (secondary N) is 1. The van der Waals surface area contributed by atoms with Gasteiger partial charge in [0.2, 0.25) is 0 Å². The molecule has 1 unspecified atom stereocenters. The van der Waals surface area contributed by atoms with Gasteiger partial charge in [-0.15, -0.1) is 0 Å². The standard InChI is InChI=1S/C20H28B7FN6O/c1-9-18(23,24)19(25,26)14-12(6-10(28)7-29-14)20(27)17(21,22)3-5-33(20)13-2-4-34-15(32-13)11(8-30-34)16(35)31-9/h2,4,6-9H,3,5,21-27H2,1H3,(H,31,35)/t9-,20?/m1/s1. The molecular weight excluding hydrogens is 435 g/mol. The van der Waals surface area contributed by atoms with Crippen LogP contribution >= 0.6 is 0 Å². The minimum atomic E-state index is -0.592. The van der Waals surface area contributed by atoms with Crippen LogP contribution in [0.2, 0.25) is 10.4 Å². The fourth-order valence-electron chi connectivity index (χ4n) is 5.86. The van der Waals surface area contributed by atoms with Crippen molar-refractivity contribution in [3.63, 3.8) is 0 Å². The van der Waals surface area contributed by atoms with E-state index in [4.69, 9.17) is 9.97 Å². The molecule has 2 atom stereocenters. The van der Waals surface area contributed by atoms with Gasteiger partial charge in [0.1, 0.15) is 72.1 Å². The summed E-state index contributed by atoms with van der Waals surface area (Å²) in [5.74, 6) is 0.171. The second-order valence-corrected chi connectivity index (χ2v) is 12.1. The number of rotatable bonds is 0. The molecule has 0 spiro atoms. The van der Waals surface area contributed by atoms with E-state index < -0.39 is 15.9 Å². The lowest BCUT2D eigenvalue weighted by atomic mass is 9.26. The van der Waals surface area contributed by atoms with Gasteiger partial charge in [-0.25, -0.2) is 13.9 Å². The van der Waals surface area contributed by atoms with Crippen molar-refractivity contribution in [3.8, 4) is 0 Å². The van der Waals surface area contributed by atoms with Crippen molar-refractivity contribution in [1.29, 1.82) is 0 Å². The lowest BCUT2D eigenvalue weighted by Crippen LogP contribution is -2.57. The highest BCUT2D eigenvalue weighted by Gasteiger charge is 2.55. The van der Waals surface area contributed by atoms with Crippen molar-refractivity contribution in [3.05, 3.63) is 53.4 Å². The Morgan fingerprint density at radius 1 is 1.14 bits per heavy atom. The van der Waals surface area contributed by atoms with E-state index in [-0.39, 0.29) is 23.0 Å². The van der Waals surface area contributed by atoms with E-state index in [0.29, 0.717) is 11.2 Å². The monoisotopic (exact) mass is 464 g/mol. The molecule has 1 amide bonds. The van der Waals surface area contributed by atoms with Gasteiger partial charge in [0.25, 0.3) is 5.91 Å². The molecule has 2 aliphatic heterocycles. The number of aromatic nitrogens is 4. The molecule has 172 valence electrons. The smallest absolute Gasteiger partial charge is 0.256 e. The van der Waals surface area contributed by atoms with Gasteiger partial charge < -0.3 is 10.2 Å². The van der Waals surface area contributed by atoms with Gasteiger partial charge in [-0.1, -0.05) is 10.4 Å². The number of fused-ring (bicyclic) bond motifs is 5. The largest absolute Gasteiger partial charge is 0.355 e. The fraction of sp³-hybridized carbons (Fsp3) is 0.400. The van der Waals surface area contributed by atoms with Gasteiger partial charge in [-0.05, 0) is 36.3 Å². The van der Waals surface area contributed by atoms with E-state index in [1.807, 2.05) is 19.2 Å². The summed E-state index contributed by atoms with van der Waals surface area (Å²) in [7, 11) is 15.2. The molecule has 3 aromatic heterocycles. The fourth-order valence-corrected chi connectivity index (χ4v) is 5.86. The Balaban J connectivity index is 1.89. The summed E-state index contributed by atoms with van der Waals surface area (Å²) in [5, 5.41) is 6.42. The minimum absolute atomic E-state index is 0.200. The van der Waals surface area contributed by atoms with E-state index in [1.165, 1.54) is 6.20 Å². The minimum Gasteiger partial charge on any atom is -0.355 e. The molecule has 1 saturated heterocycles. The number of hydrogen-bond acceptors (Lipinski definition) is 5. The quantitative estimate of drug-likeness (QED) is 0.340. The zero-order valence-corrected chi connectivity index (χ0v) is 21.9. The van der Waals surface area contributed by atoms with E-state index in [2.05, 4.69) is 70.2 Å². The molecule has 0 aliphatic carbocycles. The van der Waals surface area contributed by atoms with Gasteiger partial charge >= 0.3 is 0 Å². The molecule has 15 heteroatoms. The Morgan fingerprint density at radius 2 is 1.86 bits per heavy atom. The molecule has 1 fully saturated rings. The first kappa shape index (κ1) is 24.1. The van der Waals surface area contributed by atoms with Crippen LogP contribution in [0, 0.1) is 5.82 Å². The number of halogens is 1. The van der Waals surface area contributed by atoms with Crippen LogP contribution in [0.5, 0.6) is 0 Å². The van der Waals surface area contributed by atoms with E-state index in [1.54, 1.807) is 16.8 Å². The number of nitrogens with zero attached hydrogens (tertiary/aromatic N) is 5. The number of amides is 1. The highest BCUT2D eigenvalue weighted by Crippen LogP contribution is 2.55. The lowest BCUT2D eigenvalue weighted by Gasteiger charge is -2.51. The number of carbonyl (C=O) groups excluding carboxylic acids is 1. The summed E-state index contributed by atoms with van der Waals surface area (Å²) in [6, 6.07) is 3.36. The molecule has 5 heterocycles. The van der Waals surface area contributed by atoms with Crippen LogP contribution in [0.15, 0.2) is 30.7 Å². The summed E-state index contributed by atoms with van der Waals surface area (Å²) < 4.78 is 16.6. The van der Waals surface area contributed by atoms with E-state index in [9.17, 15) is 9.18 Å². The Morgan fingerprint density at radius 3 is 2.57 bits per heavy atom. The predicted molar refractivity (Wildman–Crippen MR) is 155 cm³/mol. The lowest BCUT2D eigenvalue weighted by molar-refractivity contribution is 0.0936. The first-order valence-corrected chi connectivity index (χ1v) is 12.3. The number of anilines is 1. The maximum atomic E-state index is 14.9. The van der Waals surface area contributed by atoms with Crippen molar-refractivity contribution in [1.82, 2.24) is 24.9 Å². The maximum Gasteiger partial charge on any atom is 0.256 e. The van der Waals surface area contributed by atoms with Crippen LogP contribution in [0.1, 0.15) is 35.0 Å². The molecule has 35 heavy (non-hydrogen) atoms. The van der Waals surface area contributed by atoms with Crippen molar-refractivity contribution in [2.45, 2.75) is 40.5 Å². The molecule has 0 aromatic carbocycles. The van der Waals surface area contributed by atoms with Crippen molar-refractivity contribution >= 4 is 72.3 Å². The van der Waals surface area contributed by atoms with Crippen LogP contribution in [0.25, 0.3) is 5.65 Å². The predicted octanol–water partition coefficient (Wildman–Crippen LogP) is -4.72. The van der Waals surface area contributed by atoms with Crippen molar-refractivity contribution in [2.75, 3.05) is 11.4 Å². The molecule has 1 N–H and O–H groups in total. The Bertz CT molecular complexity index is 1360. The average molecular weight is 463 g/mol. The van der Waals surface area contributed by atoms with Gasteiger partial charge in [-0.3, -0.25) is 9.78 Å². The summed E-state index contributed by atoms with van der Waals surface area (Å²) in [4.78, 5) is 25.3. The van der Waals surface area contributed by atoms with Crippen LogP contribution in [-0.4, -0.2) is 93.0 Å². The van der Waals surface area contributed by atoms with Crippen molar-refractivity contribution in [2.24, 2.45) is 0 Å². The summed E-state index contributed by atoms with van der Waals surface area (Å²) in [5.41, 5.74) is 2.06. The number of carbonyl (C=O) groups is 1. The van der Waals surface area contributed by atoms with Crippen LogP contribution in [0.3, 0.4) is 0 Å². The van der Waals surface area contributed by atoms with Gasteiger partial charge in [-0.2, -0.15) is 5.10 Å². The average Bonchev–Trinajstić information content (AvgIpc) is 3.31. The third kappa shape index (κ3) is 3.19. The number of pyridine rings is 1. The molecule has 7 nitrogen and oxygen atoms in total. The Labute approximate surface area is 211 Å². The zero-order valence-electron chi connectivity index (χ0n) is 21.9. The van der Waals surface area contributed by atoms with Gasteiger partial charge in [0.15, 0.2) is 5.65 Å². The topological polar surface area (TPSA) is 75.4 Å². The third-order valence-corrected chi connectivity index (χ3v) is 9.71. The second-order valence-electron chi connectivity index (χ2n) is 12.1. The molecule has 2 aliphatic rings. The van der Waals surface area contributed by atoms with Gasteiger partial charge in [0, 0.05) is 29.9 Å². The molecule has 2 bridgehead atoms. The SMILES string of the molecule is BC1(B)CCN2c3ccn4ncc(c4n3)C(=O)N[C@H](C)C(B)(B)C(B)(B)c3ncc(F)cc3C21B. The first-order valence-electron chi connectivity index (χ1n) is 12.3. The van der Waals surface area contributed by atoms with E-state index in [0.717, 1.165) is 30.0 Å². The highest BCUT2D eigenvalue weighted by molar-refractivity contribution is 6.55. The Kier molecular flexibility index (Phi) is 5.15. The molecule has 0 radical (unpaired) electrons. The van der Waals surface area contributed by atoms with Crippen LogP contribution in [0.4, 0.5) is 10.2 Å². The highest BCUT2D eigenvalue weighted by atomic mass is 19.1. The molecule has 0 saturated carbocycles. The first-order chi connectivity index (χ1) is 16.2. The second kappa shape index (κ2) is 7.46. The van der Waals surface area contributed by atoms with Crippen molar-refractivity contribution < 1.29 is 9.18 Å². The normalized spacial score (nSPS) is 26.7. The molecule has 5 rings (SSSR count). The number of hydrogen-bond donors (Lipinski definition) is 1. The van der Waals surface area contributed by atoms with E-state index >= 15 is 0 Å². The zero-order chi connectivity index (χ0) is 25.6. The summed E-state index contributed by atoms with van der Waals surface area (Å²) >= 11 is 0. The summed E-state index contributed by atoms with van der Waals surface area (Å²) in [6.45, 7) is 2.76.